The standard InChI is InChI=1S/C22H32N8O4S/c1-15-14-34-8-6-29(15)22-26-19(16-10-24-21(23)25-11-16)18-4-5-30(20(18)27-22)17-12-28(13-17)35(31,32)9-3-7-33-2/h10-11,15,17H,3-9,12-14H2,1-2H3,(H2,23,24,25)/t15-/m0/s1. The molecule has 0 spiro atoms. The van der Waals surface area contributed by atoms with Gasteiger partial charge in [-0.1, -0.05) is 0 Å². The lowest BCUT2D eigenvalue weighted by atomic mass is 10.1. The molecule has 0 aromatic carbocycles. The van der Waals surface area contributed by atoms with Gasteiger partial charge in [-0.05, 0) is 19.8 Å². The van der Waals surface area contributed by atoms with Crippen LogP contribution in [0.2, 0.25) is 0 Å². The third kappa shape index (κ3) is 4.77. The Hall–Kier alpha value is -2.61. The molecule has 0 aliphatic carbocycles. The molecule has 3 aliphatic heterocycles. The van der Waals surface area contributed by atoms with Crippen molar-refractivity contribution in [2.45, 2.75) is 31.8 Å². The maximum atomic E-state index is 12.6. The van der Waals surface area contributed by atoms with Gasteiger partial charge in [0, 0.05) is 63.4 Å². The van der Waals surface area contributed by atoms with Gasteiger partial charge in [0.15, 0.2) is 0 Å². The van der Waals surface area contributed by atoms with Crippen LogP contribution in [0.1, 0.15) is 18.9 Å². The zero-order valence-electron chi connectivity index (χ0n) is 20.1. The predicted molar refractivity (Wildman–Crippen MR) is 132 cm³/mol. The van der Waals surface area contributed by atoms with E-state index in [1.165, 1.54) is 0 Å². The lowest BCUT2D eigenvalue weighted by Crippen LogP contribution is -2.61. The largest absolute Gasteiger partial charge is 0.385 e. The number of nitrogens with two attached hydrogens (primary N) is 1. The van der Waals surface area contributed by atoms with E-state index in [1.807, 2.05) is 0 Å². The highest BCUT2D eigenvalue weighted by atomic mass is 32.2. The van der Waals surface area contributed by atoms with Gasteiger partial charge >= 0.3 is 0 Å². The number of morpholine rings is 1. The lowest BCUT2D eigenvalue weighted by Gasteiger charge is -2.44. The molecule has 0 amide bonds. The normalized spacial score (nSPS) is 21.3. The summed E-state index contributed by atoms with van der Waals surface area (Å²) in [6.07, 6.45) is 4.65. The second-order valence-electron chi connectivity index (χ2n) is 9.20. The molecule has 2 aromatic rings. The molecule has 5 heterocycles. The van der Waals surface area contributed by atoms with Gasteiger partial charge in [-0.2, -0.15) is 9.29 Å². The average molecular weight is 505 g/mol. The third-order valence-electron chi connectivity index (χ3n) is 6.83. The Bertz CT molecular complexity index is 1160. The molecule has 1 atom stereocenters. The Morgan fingerprint density at radius 1 is 1.17 bits per heavy atom. The number of rotatable bonds is 8. The molecule has 35 heavy (non-hydrogen) atoms. The number of nitrogen functional groups attached to an aromatic ring is 1. The first-order chi connectivity index (χ1) is 16.9. The van der Waals surface area contributed by atoms with E-state index in [0.29, 0.717) is 51.8 Å². The fourth-order valence-corrected chi connectivity index (χ4v) is 6.37. The number of ether oxygens (including phenoxy) is 2. The van der Waals surface area contributed by atoms with Crippen molar-refractivity contribution < 1.29 is 17.9 Å². The van der Waals surface area contributed by atoms with Crippen LogP contribution in [0.25, 0.3) is 11.3 Å². The lowest BCUT2D eigenvalue weighted by molar-refractivity contribution is 0.0981. The van der Waals surface area contributed by atoms with Gasteiger partial charge in [0.1, 0.15) is 5.82 Å². The van der Waals surface area contributed by atoms with Crippen LogP contribution in [0, 0.1) is 0 Å². The number of nitrogens with zero attached hydrogens (tertiary/aromatic N) is 7. The Balaban J connectivity index is 1.43. The van der Waals surface area contributed by atoms with E-state index in [9.17, 15) is 8.42 Å². The predicted octanol–water partition coefficient (Wildman–Crippen LogP) is 0.154. The molecular formula is C22H32N8O4S. The Kier molecular flexibility index (Phi) is 6.75. The number of hydrogen-bond donors (Lipinski definition) is 1. The first-order valence-electron chi connectivity index (χ1n) is 11.9. The summed E-state index contributed by atoms with van der Waals surface area (Å²) in [5.74, 6) is 1.82. The van der Waals surface area contributed by atoms with Crippen molar-refractivity contribution in [2.75, 3.05) is 74.4 Å². The van der Waals surface area contributed by atoms with E-state index in [2.05, 4.69) is 26.7 Å². The van der Waals surface area contributed by atoms with Crippen LogP contribution >= 0.6 is 0 Å². The van der Waals surface area contributed by atoms with Gasteiger partial charge < -0.3 is 25.0 Å². The summed E-state index contributed by atoms with van der Waals surface area (Å²) in [5, 5.41) is 0. The molecule has 0 radical (unpaired) electrons. The second-order valence-corrected chi connectivity index (χ2v) is 11.3. The molecule has 0 bridgehead atoms. The van der Waals surface area contributed by atoms with Crippen molar-refractivity contribution in [3.05, 3.63) is 18.0 Å². The monoisotopic (exact) mass is 504 g/mol. The van der Waals surface area contributed by atoms with Crippen LogP contribution in [0.5, 0.6) is 0 Å². The summed E-state index contributed by atoms with van der Waals surface area (Å²) < 4.78 is 37.4. The van der Waals surface area contributed by atoms with E-state index in [-0.39, 0.29) is 23.8 Å². The number of aromatic nitrogens is 4. The van der Waals surface area contributed by atoms with E-state index in [0.717, 1.165) is 35.6 Å². The summed E-state index contributed by atoms with van der Waals surface area (Å²) in [6.45, 7) is 6.15. The highest BCUT2D eigenvalue weighted by molar-refractivity contribution is 7.89. The molecule has 2 fully saturated rings. The molecule has 5 rings (SSSR count). The molecule has 13 heteroatoms. The van der Waals surface area contributed by atoms with Crippen LogP contribution in [-0.4, -0.2) is 104 Å². The minimum Gasteiger partial charge on any atom is -0.385 e. The molecular weight excluding hydrogens is 472 g/mol. The van der Waals surface area contributed by atoms with Crippen LogP contribution in [-0.2, 0) is 25.9 Å². The molecule has 2 aromatic heterocycles. The van der Waals surface area contributed by atoms with Gasteiger partial charge in [0.2, 0.25) is 21.9 Å². The van der Waals surface area contributed by atoms with E-state index >= 15 is 0 Å². The van der Waals surface area contributed by atoms with Gasteiger partial charge in [-0.15, -0.1) is 0 Å². The molecule has 2 saturated heterocycles. The maximum Gasteiger partial charge on any atom is 0.228 e. The number of fused-ring (bicyclic) bond motifs is 1. The molecule has 0 saturated carbocycles. The van der Waals surface area contributed by atoms with E-state index < -0.39 is 10.0 Å². The Labute approximate surface area is 205 Å². The highest BCUT2D eigenvalue weighted by Crippen LogP contribution is 2.38. The average Bonchev–Trinajstić information content (AvgIpc) is 3.22. The molecule has 3 aliphatic rings. The number of hydrogen-bond acceptors (Lipinski definition) is 11. The molecule has 12 nitrogen and oxygen atoms in total. The number of methoxy groups -OCH3 is 1. The summed E-state index contributed by atoms with van der Waals surface area (Å²) >= 11 is 0. The minimum atomic E-state index is -3.28. The van der Waals surface area contributed by atoms with Gasteiger partial charge in [-0.25, -0.2) is 23.4 Å². The van der Waals surface area contributed by atoms with Crippen LogP contribution in [0.3, 0.4) is 0 Å². The Morgan fingerprint density at radius 3 is 2.66 bits per heavy atom. The fourth-order valence-electron chi connectivity index (χ4n) is 4.83. The van der Waals surface area contributed by atoms with Crippen molar-refractivity contribution in [1.29, 1.82) is 0 Å². The third-order valence-corrected chi connectivity index (χ3v) is 8.72. The zero-order chi connectivity index (χ0) is 24.6. The topological polar surface area (TPSA) is 140 Å². The van der Waals surface area contributed by atoms with Crippen molar-refractivity contribution >= 4 is 27.7 Å². The number of anilines is 3. The van der Waals surface area contributed by atoms with Crippen molar-refractivity contribution in [2.24, 2.45) is 0 Å². The molecule has 0 unspecified atom stereocenters. The maximum absolute atomic E-state index is 12.6. The summed E-state index contributed by atoms with van der Waals surface area (Å²) in [4.78, 5) is 22.7. The molecule has 190 valence electrons. The van der Waals surface area contributed by atoms with Crippen molar-refractivity contribution in [3.63, 3.8) is 0 Å². The van der Waals surface area contributed by atoms with Gasteiger partial charge in [-0.3, -0.25) is 0 Å². The minimum absolute atomic E-state index is 0.0776. The first-order valence-corrected chi connectivity index (χ1v) is 13.5. The van der Waals surface area contributed by atoms with Crippen LogP contribution in [0.4, 0.5) is 17.7 Å². The van der Waals surface area contributed by atoms with Crippen LogP contribution in [0.15, 0.2) is 12.4 Å². The fraction of sp³-hybridized carbons (Fsp3) is 0.636. The van der Waals surface area contributed by atoms with Crippen molar-refractivity contribution in [1.82, 2.24) is 24.2 Å². The second kappa shape index (κ2) is 9.80. The summed E-state index contributed by atoms with van der Waals surface area (Å²) in [5.41, 5.74) is 8.33. The van der Waals surface area contributed by atoms with Gasteiger partial charge in [0.25, 0.3) is 0 Å². The zero-order valence-corrected chi connectivity index (χ0v) is 20.9. The van der Waals surface area contributed by atoms with Gasteiger partial charge in [0.05, 0.1) is 36.7 Å². The highest BCUT2D eigenvalue weighted by Gasteiger charge is 2.42. The first kappa shape index (κ1) is 24.1. The van der Waals surface area contributed by atoms with E-state index in [4.69, 9.17) is 25.2 Å². The quantitative estimate of drug-likeness (QED) is 0.491. The van der Waals surface area contributed by atoms with Crippen LogP contribution < -0.4 is 15.5 Å². The number of sulfonamides is 1. The summed E-state index contributed by atoms with van der Waals surface area (Å²) in [7, 11) is -1.70. The molecule has 2 N–H and O–H groups in total. The smallest absolute Gasteiger partial charge is 0.228 e. The van der Waals surface area contributed by atoms with Crippen molar-refractivity contribution in [3.8, 4) is 11.3 Å². The SMILES string of the molecule is COCCCS(=O)(=O)N1CC(N2CCc3c(-c4cnc(N)nc4)nc(N4CCOC[C@@H]4C)nc32)C1. The van der Waals surface area contributed by atoms with E-state index in [1.54, 1.807) is 23.8 Å². The summed E-state index contributed by atoms with van der Waals surface area (Å²) in [6, 6.07) is 0.220. The Morgan fingerprint density at radius 2 is 1.94 bits per heavy atom.